The predicted octanol–water partition coefficient (Wildman–Crippen LogP) is 4.71. The van der Waals surface area contributed by atoms with Crippen LogP contribution in [0.15, 0.2) is 36.8 Å². The first-order valence-corrected chi connectivity index (χ1v) is 12.3. The van der Waals surface area contributed by atoms with E-state index in [0.717, 1.165) is 49.2 Å². The van der Waals surface area contributed by atoms with Crippen LogP contribution in [-0.4, -0.2) is 50.6 Å². The van der Waals surface area contributed by atoms with Gasteiger partial charge in [0, 0.05) is 55.1 Å². The van der Waals surface area contributed by atoms with E-state index < -0.39 is 23.4 Å². The van der Waals surface area contributed by atoms with E-state index in [4.69, 9.17) is 9.97 Å². The summed E-state index contributed by atoms with van der Waals surface area (Å²) in [5.74, 6) is -2.27. The summed E-state index contributed by atoms with van der Waals surface area (Å²) in [5.41, 5.74) is 2.57. The summed E-state index contributed by atoms with van der Waals surface area (Å²) < 4.78 is 41.0. The summed E-state index contributed by atoms with van der Waals surface area (Å²) in [4.78, 5) is 24.1. The Morgan fingerprint density at radius 2 is 1.92 bits per heavy atom. The monoisotopic (exact) mass is 506 g/mol. The Bertz CT molecular complexity index is 1480. The highest BCUT2D eigenvalue weighted by Gasteiger charge is 2.27. The van der Waals surface area contributed by atoms with Crippen LogP contribution >= 0.6 is 0 Å². The number of hydrogen-bond donors (Lipinski definition) is 2. The average molecular weight is 507 g/mol. The molecule has 37 heavy (non-hydrogen) atoms. The van der Waals surface area contributed by atoms with Gasteiger partial charge in [-0.25, -0.2) is 23.7 Å². The third kappa shape index (κ3) is 4.55. The first-order chi connectivity index (χ1) is 18.0. The zero-order chi connectivity index (χ0) is 25.5. The van der Waals surface area contributed by atoms with Gasteiger partial charge in [-0.05, 0) is 43.4 Å². The van der Waals surface area contributed by atoms with Crippen LogP contribution < -0.4 is 15.5 Å². The summed E-state index contributed by atoms with van der Waals surface area (Å²) in [6.45, 7) is 4.62. The van der Waals surface area contributed by atoms with Crippen molar-refractivity contribution in [1.29, 1.82) is 0 Å². The van der Waals surface area contributed by atoms with E-state index in [9.17, 15) is 13.2 Å². The van der Waals surface area contributed by atoms with Crippen LogP contribution in [0.2, 0.25) is 0 Å². The zero-order valence-corrected chi connectivity index (χ0v) is 20.2. The second-order valence-corrected chi connectivity index (χ2v) is 9.57. The minimum atomic E-state index is -1.40. The summed E-state index contributed by atoms with van der Waals surface area (Å²) in [6.07, 6.45) is 8.70. The Labute approximate surface area is 211 Å². The molecule has 0 bridgehead atoms. The van der Waals surface area contributed by atoms with E-state index in [0.29, 0.717) is 29.4 Å². The molecule has 1 saturated carbocycles. The van der Waals surface area contributed by atoms with E-state index in [1.54, 1.807) is 18.3 Å². The van der Waals surface area contributed by atoms with E-state index in [1.807, 2.05) is 6.20 Å². The molecule has 1 aliphatic heterocycles. The second-order valence-electron chi connectivity index (χ2n) is 9.57. The Kier molecular flexibility index (Phi) is 6.07. The molecule has 8 nitrogen and oxygen atoms in total. The van der Waals surface area contributed by atoms with Crippen molar-refractivity contribution in [3.63, 3.8) is 0 Å². The lowest BCUT2D eigenvalue weighted by molar-refractivity contribution is 0.421. The van der Waals surface area contributed by atoms with E-state index in [2.05, 4.69) is 37.4 Å². The van der Waals surface area contributed by atoms with Crippen molar-refractivity contribution < 1.29 is 13.2 Å². The molecule has 4 aromatic heterocycles. The number of rotatable bonds is 5. The number of nitrogens with one attached hydrogen (secondary N) is 2. The van der Waals surface area contributed by atoms with Gasteiger partial charge in [-0.1, -0.05) is 6.42 Å². The Morgan fingerprint density at radius 3 is 2.70 bits per heavy atom. The number of anilines is 3. The first kappa shape index (κ1) is 23.5. The number of hydrogen-bond acceptors (Lipinski definition) is 8. The molecular formula is C26H25F3N8. The fourth-order valence-electron chi connectivity index (χ4n) is 4.89. The van der Waals surface area contributed by atoms with Gasteiger partial charge in [0.05, 0.1) is 11.7 Å². The average Bonchev–Trinajstić information content (AvgIpc) is 2.86. The molecule has 0 aromatic carbocycles. The van der Waals surface area contributed by atoms with Gasteiger partial charge in [-0.3, -0.25) is 4.98 Å². The third-order valence-corrected chi connectivity index (χ3v) is 6.98. The minimum absolute atomic E-state index is 0.192. The molecule has 1 saturated heterocycles. The molecule has 2 aliphatic rings. The van der Waals surface area contributed by atoms with Crippen LogP contribution in [0.4, 0.5) is 30.6 Å². The maximum absolute atomic E-state index is 14.1. The van der Waals surface area contributed by atoms with Crippen LogP contribution in [0.25, 0.3) is 22.3 Å². The molecule has 2 fully saturated rings. The lowest BCUT2D eigenvalue weighted by Crippen LogP contribution is -2.49. The van der Waals surface area contributed by atoms with Crippen molar-refractivity contribution in [2.45, 2.75) is 38.1 Å². The van der Waals surface area contributed by atoms with Crippen LogP contribution in [-0.2, 0) is 0 Å². The quantitative estimate of drug-likeness (QED) is 0.376. The van der Waals surface area contributed by atoms with Crippen LogP contribution in [0.1, 0.15) is 37.7 Å². The molecule has 6 rings (SSSR count). The van der Waals surface area contributed by atoms with E-state index >= 15 is 0 Å². The normalized spacial score (nSPS) is 18.2. The number of aromatic nitrogens is 5. The zero-order valence-electron chi connectivity index (χ0n) is 20.2. The topological polar surface area (TPSA) is 91.8 Å². The van der Waals surface area contributed by atoms with Crippen LogP contribution in [0.3, 0.4) is 0 Å². The number of nitrogens with zero attached hydrogens (tertiary/aromatic N) is 6. The molecule has 0 unspecified atom stereocenters. The van der Waals surface area contributed by atoms with Gasteiger partial charge in [-0.15, -0.1) is 0 Å². The van der Waals surface area contributed by atoms with Crippen molar-refractivity contribution in [2.24, 2.45) is 0 Å². The van der Waals surface area contributed by atoms with Crippen molar-refractivity contribution in [2.75, 3.05) is 29.9 Å². The van der Waals surface area contributed by atoms with E-state index in [1.165, 1.54) is 18.2 Å². The molecule has 0 radical (unpaired) electrons. The van der Waals surface area contributed by atoms with Gasteiger partial charge in [0.25, 0.3) is 5.95 Å². The molecule has 2 N–H and O–H groups in total. The van der Waals surface area contributed by atoms with Crippen molar-refractivity contribution >= 4 is 28.4 Å². The molecule has 11 heteroatoms. The number of halogens is 3. The number of pyridine rings is 3. The standard InChI is InChI=1S/C26H25F3N8/c1-14-13-37(8-7-31-14)26-22-17(15-3-2-4-15)11-30-12-20(22)33-24(36-26)16-5-6-32-21(9-16)34-25-19(28)10-18(27)23(29)35-25/h5-6,9-12,14-15,31H,2-4,7-8,13H2,1H3,(H,32,34,35)/t14-/m0/s1. The predicted molar refractivity (Wildman–Crippen MR) is 134 cm³/mol. The molecule has 4 aromatic rings. The summed E-state index contributed by atoms with van der Waals surface area (Å²) in [7, 11) is 0. The van der Waals surface area contributed by atoms with Crippen molar-refractivity contribution in [1.82, 2.24) is 30.2 Å². The highest BCUT2D eigenvalue weighted by atomic mass is 19.2. The van der Waals surface area contributed by atoms with Crippen LogP contribution in [0.5, 0.6) is 0 Å². The fraction of sp³-hybridized carbons (Fsp3) is 0.346. The second kappa shape index (κ2) is 9.55. The van der Waals surface area contributed by atoms with E-state index in [-0.39, 0.29) is 5.82 Å². The van der Waals surface area contributed by atoms with Gasteiger partial charge in [0.2, 0.25) is 0 Å². The summed E-state index contributed by atoms with van der Waals surface area (Å²) in [6, 6.07) is 4.12. The lowest BCUT2D eigenvalue weighted by Gasteiger charge is -2.35. The molecule has 5 heterocycles. The van der Waals surface area contributed by atoms with Crippen LogP contribution in [0, 0.1) is 17.6 Å². The Hall–Kier alpha value is -3.86. The summed E-state index contributed by atoms with van der Waals surface area (Å²) in [5, 5.41) is 7.14. The third-order valence-electron chi connectivity index (χ3n) is 6.98. The van der Waals surface area contributed by atoms with Gasteiger partial charge >= 0.3 is 0 Å². The maximum Gasteiger partial charge on any atom is 0.251 e. The Balaban J connectivity index is 1.43. The number of piperazine rings is 1. The smallest absolute Gasteiger partial charge is 0.251 e. The molecule has 0 amide bonds. The summed E-state index contributed by atoms with van der Waals surface area (Å²) >= 11 is 0. The van der Waals surface area contributed by atoms with Crippen molar-refractivity contribution in [3.05, 3.63) is 59.9 Å². The molecule has 1 aliphatic carbocycles. The SMILES string of the molecule is C[C@H]1CN(c2nc(-c3ccnc(Nc4nc(F)c(F)cc4F)c3)nc3cncc(C4CCC4)c23)CCN1. The van der Waals surface area contributed by atoms with Crippen molar-refractivity contribution in [3.8, 4) is 11.4 Å². The molecular weight excluding hydrogens is 481 g/mol. The Morgan fingerprint density at radius 1 is 1.05 bits per heavy atom. The minimum Gasteiger partial charge on any atom is -0.353 e. The number of fused-ring (bicyclic) bond motifs is 1. The molecule has 0 spiro atoms. The van der Waals surface area contributed by atoms with Gasteiger partial charge in [0.1, 0.15) is 11.6 Å². The first-order valence-electron chi connectivity index (χ1n) is 12.3. The highest BCUT2D eigenvalue weighted by molar-refractivity contribution is 5.94. The largest absolute Gasteiger partial charge is 0.353 e. The lowest BCUT2D eigenvalue weighted by atomic mass is 9.79. The van der Waals surface area contributed by atoms with Gasteiger partial charge in [-0.2, -0.15) is 9.37 Å². The molecule has 190 valence electrons. The van der Waals surface area contributed by atoms with Gasteiger partial charge < -0.3 is 15.5 Å². The maximum atomic E-state index is 14.1. The highest BCUT2D eigenvalue weighted by Crippen LogP contribution is 2.42. The fourth-order valence-corrected chi connectivity index (χ4v) is 4.89. The van der Waals surface area contributed by atoms with Gasteiger partial charge in [0.15, 0.2) is 23.3 Å². The molecule has 1 atom stereocenters.